The quantitative estimate of drug-likeness (QED) is 0.171. The number of para-hydroxylation sites is 1. The lowest BCUT2D eigenvalue weighted by atomic mass is 10.2. The Labute approximate surface area is 226 Å². The van der Waals surface area contributed by atoms with Crippen molar-refractivity contribution in [3.05, 3.63) is 101 Å². The van der Waals surface area contributed by atoms with Gasteiger partial charge in [0, 0.05) is 22.2 Å². The number of carbonyl (C=O) groups is 1. The molecule has 178 valence electrons. The van der Waals surface area contributed by atoms with Crippen LogP contribution in [0.5, 0.6) is 0 Å². The summed E-state index contributed by atoms with van der Waals surface area (Å²) in [5, 5.41) is 7.28. The molecule has 0 spiro atoms. The Morgan fingerprint density at radius 2 is 1.78 bits per heavy atom. The summed E-state index contributed by atoms with van der Waals surface area (Å²) in [6, 6.07) is 24.5. The van der Waals surface area contributed by atoms with Gasteiger partial charge in [-0.15, -0.1) is 11.3 Å². The van der Waals surface area contributed by atoms with Crippen molar-refractivity contribution < 1.29 is 9.21 Å². The van der Waals surface area contributed by atoms with Crippen molar-refractivity contribution in [3.63, 3.8) is 0 Å². The number of benzene rings is 3. The zero-order chi connectivity index (χ0) is 25.1. The number of aromatic nitrogens is 1. The van der Waals surface area contributed by atoms with Crippen LogP contribution in [0.3, 0.4) is 0 Å². The highest BCUT2D eigenvalue weighted by Crippen LogP contribution is 2.40. The number of anilines is 1. The highest BCUT2D eigenvalue weighted by atomic mass is 35.5. The number of nitrogens with zero attached hydrogens (tertiary/aromatic N) is 1. The van der Waals surface area contributed by atoms with E-state index in [-0.39, 0.29) is 5.11 Å². The summed E-state index contributed by atoms with van der Waals surface area (Å²) in [6.07, 6.45) is 2.92. The van der Waals surface area contributed by atoms with Crippen molar-refractivity contribution >= 4 is 79.8 Å². The van der Waals surface area contributed by atoms with Crippen molar-refractivity contribution in [1.29, 1.82) is 0 Å². The third-order valence-electron chi connectivity index (χ3n) is 5.14. The molecule has 0 atom stereocenters. The molecule has 5 rings (SSSR count). The predicted octanol–water partition coefficient (Wildman–Crippen LogP) is 8.06. The Kier molecular flexibility index (Phi) is 7.16. The van der Waals surface area contributed by atoms with Crippen LogP contribution in [0.4, 0.5) is 5.69 Å². The molecule has 5 nitrogen and oxygen atoms in total. The number of fused-ring (bicyclic) bond motifs is 1. The van der Waals surface area contributed by atoms with Crippen molar-refractivity contribution in [2.75, 3.05) is 5.32 Å². The monoisotopic (exact) mass is 549 g/mol. The predicted molar refractivity (Wildman–Crippen MR) is 153 cm³/mol. The third-order valence-corrected chi connectivity index (χ3v) is 6.93. The molecule has 0 aliphatic heterocycles. The topological polar surface area (TPSA) is 67.2 Å². The Morgan fingerprint density at radius 1 is 1.00 bits per heavy atom. The van der Waals surface area contributed by atoms with E-state index in [1.165, 1.54) is 17.4 Å². The van der Waals surface area contributed by atoms with Gasteiger partial charge in [0.2, 0.25) is 5.91 Å². The van der Waals surface area contributed by atoms with Gasteiger partial charge < -0.3 is 9.73 Å². The Morgan fingerprint density at radius 3 is 2.58 bits per heavy atom. The molecule has 0 aliphatic rings. The molecule has 0 aliphatic carbocycles. The molecule has 0 saturated carbocycles. The summed E-state index contributed by atoms with van der Waals surface area (Å²) >= 11 is 19.6. The second-order valence-corrected chi connectivity index (χ2v) is 9.92. The SMILES string of the molecule is O=C(/C=C/c1ccc(-c2ccccc2)o1)NC(=S)Nc1c(Cl)cc(Cl)cc1-c1nc2ccccc2s1. The summed E-state index contributed by atoms with van der Waals surface area (Å²) in [7, 11) is 0. The average molecular weight is 550 g/mol. The molecule has 36 heavy (non-hydrogen) atoms. The number of hydrogen-bond donors (Lipinski definition) is 2. The fourth-order valence-electron chi connectivity index (χ4n) is 3.51. The molecule has 3 aromatic carbocycles. The van der Waals surface area contributed by atoms with Gasteiger partial charge in [0.15, 0.2) is 5.11 Å². The molecule has 9 heteroatoms. The number of rotatable bonds is 5. The highest BCUT2D eigenvalue weighted by molar-refractivity contribution is 7.80. The minimum Gasteiger partial charge on any atom is -0.457 e. The summed E-state index contributed by atoms with van der Waals surface area (Å²) in [4.78, 5) is 17.2. The second kappa shape index (κ2) is 10.6. The summed E-state index contributed by atoms with van der Waals surface area (Å²) < 4.78 is 6.82. The molecule has 5 aromatic rings. The molecule has 2 N–H and O–H groups in total. The van der Waals surface area contributed by atoms with Gasteiger partial charge in [0.05, 0.1) is 20.9 Å². The zero-order valence-electron chi connectivity index (χ0n) is 18.5. The lowest BCUT2D eigenvalue weighted by Gasteiger charge is -2.14. The maximum atomic E-state index is 12.5. The van der Waals surface area contributed by atoms with Crippen LogP contribution in [0.25, 0.3) is 38.2 Å². The van der Waals surface area contributed by atoms with Gasteiger partial charge in [-0.3, -0.25) is 10.1 Å². The van der Waals surface area contributed by atoms with E-state index < -0.39 is 5.91 Å². The summed E-state index contributed by atoms with van der Waals surface area (Å²) in [5.74, 6) is 0.839. The van der Waals surface area contributed by atoms with Gasteiger partial charge in [-0.05, 0) is 54.7 Å². The maximum absolute atomic E-state index is 12.5. The Hall–Kier alpha value is -3.49. The second-order valence-electron chi connectivity index (χ2n) is 7.64. The average Bonchev–Trinajstić information content (AvgIpc) is 3.52. The molecule has 0 radical (unpaired) electrons. The van der Waals surface area contributed by atoms with Crippen molar-refractivity contribution in [3.8, 4) is 21.9 Å². The lowest BCUT2D eigenvalue weighted by Crippen LogP contribution is -2.33. The zero-order valence-corrected chi connectivity index (χ0v) is 21.6. The Bertz CT molecular complexity index is 1580. The molecule has 0 saturated heterocycles. The lowest BCUT2D eigenvalue weighted by molar-refractivity contribution is -0.115. The van der Waals surface area contributed by atoms with E-state index in [2.05, 4.69) is 15.6 Å². The molecule has 1 amide bonds. The standard InChI is InChI=1S/C27H17Cl2N3O2S2/c28-17-14-19(26-30-21-8-4-5-9-23(21)36-26)25(20(29)15-17)32-27(35)31-24(33)13-11-18-10-12-22(34-18)16-6-2-1-3-7-16/h1-15H,(H2,31,32,33,35)/b13-11+. The number of halogens is 2. The number of furan rings is 1. The largest absolute Gasteiger partial charge is 0.457 e. The van der Waals surface area contributed by atoms with Gasteiger partial charge >= 0.3 is 0 Å². The fourth-order valence-corrected chi connectivity index (χ4v) is 5.24. The van der Waals surface area contributed by atoms with Crippen LogP contribution in [-0.4, -0.2) is 16.0 Å². The van der Waals surface area contributed by atoms with Crippen LogP contribution in [0.1, 0.15) is 5.76 Å². The number of thiocarbonyl (C=S) groups is 1. The minimum absolute atomic E-state index is 0.0839. The summed E-state index contributed by atoms with van der Waals surface area (Å²) in [5.41, 5.74) is 3.02. The van der Waals surface area contributed by atoms with Crippen LogP contribution >= 0.6 is 46.8 Å². The van der Waals surface area contributed by atoms with Crippen LogP contribution in [0.15, 0.2) is 89.4 Å². The van der Waals surface area contributed by atoms with Crippen LogP contribution in [0.2, 0.25) is 10.0 Å². The number of nitrogens with one attached hydrogen (secondary N) is 2. The van der Waals surface area contributed by atoms with Crippen molar-refractivity contribution in [1.82, 2.24) is 10.3 Å². The number of amides is 1. The van der Waals surface area contributed by atoms with E-state index in [9.17, 15) is 4.79 Å². The first-order valence-electron chi connectivity index (χ1n) is 10.8. The Balaban J connectivity index is 1.30. The molecular weight excluding hydrogens is 533 g/mol. The van der Waals surface area contributed by atoms with E-state index in [4.69, 9.17) is 39.8 Å². The number of carbonyl (C=O) groups excluding carboxylic acids is 1. The van der Waals surface area contributed by atoms with Crippen LogP contribution < -0.4 is 10.6 Å². The van der Waals surface area contributed by atoms with E-state index in [1.54, 1.807) is 24.3 Å². The molecule has 0 fully saturated rings. The van der Waals surface area contributed by atoms with Gasteiger partial charge in [0.1, 0.15) is 16.5 Å². The fraction of sp³-hybridized carbons (Fsp3) is 0. The van der Waals surface area contributed by atoms with Gasteiger partial charge in [-0.1, -0.05) is 65.7 Å². The molecule has 0 bridgehead atoms. The van der Waals surface area contributed by atoms with E-state index >= 15 is 0 Å². The molecule has 2 aromatic heterocycles. The van der Waals surface area contributed by atoms with Crippen LogP contribution in [-0.2, 0) is 4.79 Å². The number of thiazole rings is 1. The molecule has 0 unspecified atom stereocenters. The molecular formula is C27H17Cl2N3O2S2. The first kappa shape index (κ1) is 24.2. The van der Waals surface area contributed by atoms with Gasteiger partial charge in [0.25, 0.3) is 0 Å². The minimum atomic E-state index is -0.420. The molecule has 2 heterocycles. The number of hydrogen-bond acceptors (Lipinski definition) is 5. The maximum Gasteiger partial charge on any atom is 0.250 e. The van der Waals surface area contributed by atoms with Crippen molar-refractivity contribution in [2.24, 2.45) is 0 Å². The first-order chi connectivity index (χ1) is 17.5. The highest BCUT2D eigenvalue weighted by Gasteiger charge is 2.17. The first-order valence-corrected chi connectivity index (χ1v) is 12.7. The smallest absolute Gasteiger partial charge is 0.250 e. The summed E-state index contributed by atoms with van der Waals surface area (Å²) in [6.45, 7) is 0. The van der Waals surface area contributed by atoms with Crippen LogP contribution in [0, 0.1) is 0 Å². The van der Waals surface area contributed by atoms with Gasteiger partial charge in [-0.25, -0.2) is 4.98 Å². The normalized spacial score (nSPS) is 11.2. The van der Waals surface area contributed by atoms with E-state index in [0.717, 1.165) is 20.8 Å². The third kappa shape index (κ3) is 5.50. The van der Waals surface area contributed by atoms with E-state index in [1.807, 2.05) is 60.7 Å². The van der Waals surface area contributed by atoms with Crippen molar-refractivity contribution in [2.45, 2.75) is 0 Å². The van der Waals surface area contributed by atoms with E-state index in [0.29, 0.717) is 32.8 Å². The van der Waals surface area contributed by atoms with Gasteiger partial charge in [-0.2, -0.15) is 0 Å².